The van der Waals surface area contributed by atoms with Gasteiger partial charge in [0.25, 0.3) is 0 Å². The highest BCUT2D eigenvalue weighted by molar-refractivity contribution is 6.21. The van der Waals surface area contributed by atoms with Gasteiger partial charge in [-0.1, -0.05) is 0 Å². The molecule has 1 aliphatic rings. The topological polar surface area (TPSA) is 18.5 Å². The average molecular weight is 207 g/mol. The van der Waals surface area contributed by atoms with Crippen LogP contribution >= 0.6 is 11.6 Å². The third-order valence-corrected chi connectivity index (χ3v) is 2.37. The molecule has 0 heterocycles. The smallest absolute Gasteiger partial charge is 0.0707 e. The van der Waals surface area contributed by atoms with Crippen molar-refractivity contribution in [2.45, 2.75) is 50.7 Å². The van der Waals surface area contributed by atoms with Crippen LogP contribution in [0.15, 0.2) is 0 Å². The summed E-state index contributed by atoms with van der Waals surface area (Å²) in [5.41, 5.74) is -0.0575. The van der Waals surface area contributed by atoms with E-state index < -0.39 is 0 Å². The van der Waals surface area contributed by atoms with Crippen LogP contribution in [-0.4, -0.2) is 30.3 Å². The van der Waals surface area contributed by atoms with E-state index in [0.29, 0.717) is 24.7 Å². The van der Waals surface area contributed by atoms with Crippen LogP contribution in [0.25, 0.3) is 0 Å². The highest BCUT2D eigenvalue weighted by Gasteiger charge is 2.27. The van der Waals surface area contributed by atoms with E-state index in [1.165, 1.54) is 0 Å². The van der Waals surface area contributed by atoms with Crippen LogP contribution in [0.1, 0.15) is 33.6 Å². The van der Waals surface area contributed by atoms with Gasteiger partial charge < -0.3 is 9.47 Å². The molecular weight excluding hydrogens is 188 g/mol. The van der Waals surface area contributed by atoms with E-state index in [9.17, 15) is 0 Å². The quantitative estimate of drug-likeness (QED) is 0.520. The molecule has 0 amide bonds. The minimum absolute atomic E-state index is 0.0575. The fourth-order valence-electron chi connectivity index (χ4n) is 1.20. The third-order valence-electron chi connectivity index (χ3n) is 2.01. The Morgan fingerprint density at radius 3 is 2.31 bits per heavy atom. The first-order valence-electron chi connectivity index (χ1n) is 4.87. The molecule has 2 nitrogen and oxygen atoms in total. The van der Waals surface area contributed by atoms with Gasteiger partial charge in [0.2, 0.25) is 0 Å². The normalized spacial score (nSPS) is 28.6. The lowest BCUT2D eigenvalue weighted by Gasteiger charge is -2.31. The van der Waals surface area contributed by atoms with Crippen LogP contribution in [0.3, 0.4) is 0 Å². The largest absolute Gasteiger partial charge is 0.376 e. The van der Waals surface area contributed by atoms with E-state index in [0.717, 1.165) is 12.8 Å². The number of hydrogen-bond acceptors (Lipinski definition) is 2. The van der Waals surface area contributed by atoms with E-state index >= 15 is 0 Å². The first-order chi connectivity index (χ1) is 5.97. The SMILES string of the molecule is CC(C)(C)OCCOC1CC(Cl)C1. The van der Waals surface area contributed by atoms with E-state index in [1.807, 2.05) is 20.8 Å². The Hall–Kier alpha value is 0.210. The van der Waals surface area contributed by atoms with Gasteiger partial charge in [-0.3, -0.25) is 0 Å². The van der Waals surface area contributed by atoms with Crippen molar-refractivity contribution in [3.8, 4) is 0 Å². The van der Waals surface area contributed by atoms with Crippen molar-refractivity contribution in [3.05, 3.63) is 0 Å². The Morgan fingerprint density at radius 2 is 1.85 bits per heavy atom. The fraction of sp³-hybridized carbons (Fsp3) is 1.00. The second kappa shape index (κ2) is 4.63. The molecule has 3 heteroatoms. The molecule has 0 aliphatic heterocycles. The average Bonchev–Trinajstić information content (AvgIpc) is 1.91. The Morgan fingerprint density at radius 1 is 1.23 bits per heavy atom. The minimum atomic E-state index is -0.0575. The molecule has 0 unspecified atom stereocenters. The van der Waals surface area contributed by atoms with Crippen LogP contribution in [-0.2, 0) is 9.47 Å². The molecular formula is C10H19ClO2. The lowest BCUT2D eigenvalue weighted by Crippen LogP contribution is -2.33. The van der Waals surface area contributed by atoms with Crippen molar-refractivity contribution < 1.29 is 9.47 Å². The molecule has 0 bridgehead atoms. The maximum atomic E-state index is 5.82. The number of rotatable bonds is 4. The number of hydrogen-bond donors (Lipinski definition) is 0. The Balaban J connectivity index is 1.90. The van der Waals surface area contributed by atoms with Crippen molar-refractivity contribution >= 4 is 11.6 Å². The van der Waals surface area contributed by atoms with Crippen LogP contribution < -0.4 is 0 Å². The number of alkyl halides is 1. The summed E-state index contributed by atoms with van der Waals surface area (Å²) in [5.74, 6) is 0. The Bertz CT molecular complexity index is 147. The van der Waals surface area contributed by atoms with Crippen LogP contribution in [0.2, 0.25) is 0 Å². The molecule has 1 aliphatic carbocycles. The molecule has 0 radical (unpaired) electrons. The molecule has 0 aromatic rings. The third kappa shape index (κ3) is 4.84. The summed E-state index contributed by atoms with van der Waals surface area (Å²) in [4.78, 5) is 0. The minimum Gasteiger partial charge on any atom is -0.376 e. The molecule has 13 heavy (non-hydrogen) atoms. The predicted molar refractivity (Wildman–Crippen MR) is 54.3 cm³/mol. The summed E-state index contributed by atoms with van der Waals surface area (Å²) in [6, 6.07) is 0. The maximum absolute atomic E-state index is 5.82. The highest BCUT2D eigenvalue weighted by atomic mass is 35.5. The van der Waals surface area contributed by atoms with Gasteiger partial charge in [-0.2, -0.15) is 0 Å². The monoisotopic (exact) mass is 206 g/mol. The van der Waals surface area contributed by atoms with Gasteiger partial charge in [0.15, 0.2) is 0 Å². The molecule has 78 valence electrons. The second-order valence-corrected chi connectivity index (χ2v) is 5.14. The zero-order valence-electron chi connectivity index (χ0n) is 8.68. The zero-order chi connectivity index (χ0) is 9.90. The number of halogens is 1. The summed E-state index contributed by atoms with van der Waals surface area (Å²) in [6.07, 6.45) is 2.37. The van der Waals surface area contributed by atoms with E-state index in [1.54, 1.807) is 0 Å². The highest BCUT2D eigenvalue weighted by Crippen LogP contribution is 2.27. The predicted octanol–water partition coefficient (Wildman–Crippen LogP) is 2.59. The summed E-state index contributed by atoms with van der Waals surface area (Å²) in [7, 11) is 0. The first-order valence-corrected chi connectivity index (χ1v) is 5.30. The van der Waals surface area contributed by atoms with Gasteiger partial charge in [-0.05, 0) is 33.6 Å². The molecule has 0 atom stereocenters. The van der Waals surface area contributed by atoms with Gasteiger partial charge in [-0.15, -0.1) is 11.6 Å². The van der Waals surface area contributed by atoms with Gasteiger partial charge in [0, 0.05) is 5.38 Å². The van der Waals surface area contributed by atoms with Crippen molar-refractivity contribution in [2.75, 3.05) is 13.2 Å². The Labute approximate surface area is 85.5 Å². The van der Waals surface area contributed by atoms with Crippen molar-refractivity contribution in [1.29, 1.82) is 0 Å². The molecule has 0 saturated heterocycles. The van der Waals surface area contributed by atoms with Crippen molar-refractivity contribution in [2.24, 2.45) is 0 Å². The maximum Gasteiger partial charge on any atom is 0.0707 e. The Kier molecular flexibility index (Phi) is 4.02. The molecule has 0 spiro atoms. The van der Waals surface area contributed by atoms with Gasteiger partial charge in [0.05, 0.1) is 24.9 Å². The molecule has 1 saturated carbocycles. The zero-order valence-corrected chi connectivity index (χ0v) is 9.43. The fourth-order valence-corrected chi connectivity index (χ4v) is 1.60. The standard InChI is InChI=1S/C10H19ClO2/c1-10(2,3)13-5-4-12-9-6-8(11)7-9/h8-9H,4-7H2,1-3H3. The van der Waals surface area contributed by atoms with Gasteiger partial charge in [-0.25, -0.2) is 0 Å². The van der Waals surface area contributed by atoms with Crippen molar-refractivity contribution in [1.82, 2.24) is 0 Å². The lowest BCUT2D eigenvalue weighted by molar-refractivity contribution is -0.0660. The van der Waals surface area contributed by atoms with E-state index in [-0.39, 0.29) is 5.60 Å². The summed E-state index contributed by atoms with van der Waals surface area (Å²) in [5, 5.41) is 0.341. The molecule has 0 N–H and O–H groups in total. The molecule has 1 fully saturated rings. The van der Waals surface area contributed by atoms with Crippen molar-refractivity contribution in [3.63, 3.8) is 0 Å². The van der Waals surface area contributed by atoms with Gasteiger partial charge >= 0.3 is 0 Å². The van der Waals surface area contributed by atoms with E-state index in [2.05, 4.69) is 0 Å². The van der Waals surface area contributed by atoms with E-state index in [4.69, 9.17) is 21.1 Å². The first kappa shape index (κ1) is 11.3. The summed E-state index contributed by atoms with van der Waals surface area (Å²) >= 11 is 5.82. The summed E-state index contributed by atoms with van der Waals surface area (Å²) < 4.78 is 11.1. The van der Waals surface area contributed by atoms with Crippen LogP contribution in [0, 0.1) is 0 Å². The lowest BCUT2D eigenvalue weighted by atomic mass is 9.95. The second-order valence-electron chi connectivity index (χ2n) is 4.52. The molecule has 1 rings (SSSR count). The molecule has 0 aromatic heterocycles. The number of ether oxygens (including phenoxy) is 2. The van der Waals surface area contributed by atoms with Gasteiger partial charge in [0.1, 0.15) is 0 Å². The molecule has 0 aromatic carbocycles. The van der Waals surface area contributed by atoms with Crippen LogP contribution in [0.5, 0.6) is 0 Å². The van der Waals surface area contributed by atoms with Crippen LogP contribution in [0.4, 0.5) is 0 Å². The summed E-state index contributed by atoms with van der Waals surface area (Å²) in [6.45, 7) is 7.50.